The van der Waals surface area contributed by atoms with Crippen LogP contribution in [0.25, 0.3) is 0 Å². The van der Waals surface area contributed by atoms with Crippen LogP contribution in [-0.2, 0) is 30.4 Å². The minimum Gasteiger partial charge on any atom is -0.496 e. The van der Waals surface area contributed by atoms with E-state index in [2.05, 4.69) is 74.4 Å². The molecule has 39 nitrogen and oxygen atoms in total. The Morgan fingerprint density at radius 1 is 0.349 bits per heavy atom. The van der Waals surface area contributed by atoms with Crippen molar-refractivity contribution >= 4 is 112 Å². The molecular formula is C67H101N27O12. The Balaban J connectivity index is 1.57. The van der Waals surface area contributed by atoms with Gasteiger partial charge < -0.3 is 129 Å². The number of carbonyl (C=O) groups excluding carboxylic acids is 9. The van der Waals surface area contributed by atoms with Crippen LogP contribution in [0.1, 0.15) is 137 Å². The van der Waals surface area contributed by atoms with Gasteiger partial charge in [-0.3, -0.25) is 75.6 Å². The van der Waals surface area contributed by atoms with E-state index in [4.69, 9.17) is 86.8 Å². The zero-order chi connectivity index (χ0) is 78.3. The molecule has 0 aliphatic heterocycles. The molecule has 9 amide bonds. The molecule has 34 N–H and O–H groups in total. The molecule has 4 rings (SSSR count). The first-order chi connectivity index (χ1) is 50.5. The molecule has 0 aromatic heterocycles. The molecule has 0 bridgehead atoms. The molecule has 0 aliphatic carbocycles. The van der Waals surface area contributed by atoms with E-state index >= 15 is 0 Å². The van der Waals surface area contributed by atoms with E-state index < -0.39 is 71.4 Å². The molecule has 576 valence electrons. The van der Waals surface area contributed by atoms with Crippen molar-refractivity contribution in [1.29, 1.82) is 32.5 Å². The lowest BCUT2D eigenvalue weighted by molar-refractivity contribution is -0.122. The highest BCUT2D eigenvalue weighted by Crippen LogP contribution is 2.28. The van der Waals surface area contributed by atoms with Gasteiger partial charge in [-0.2, -0.15) is 0 Å². The van der Waals surface area contributed by atoms with E-state index in [1.54, 1.807) is 12.1 Å². The average molecular weight is 1480 g/mol. The van der Waals surface area contributed by atoms with E-state index in [0.717, 1.165) is 0 Å². The third-order valence-corrected chi connectivity index (χ3v) is 15.8. The summed E-state index contributed by atoms with van der Waals surface area (Å²) in [7, 11) is 3.91. The lowest BCUT2D eigenvalue weighted by Crippen LogP contribution is -2.45. The summed E-state index contributed by atoms with van der Waals surface area (Å²) < 4.78 is 16.6. The summed E-state index contributed by atoms with van der Waals surface area (Å²) in [5, 5.41) is 83.2. The van der Waals surface area contributed by atoms with E-state index in [0.29, 0.717) is 63.7 Å². The number of benzene rings is 4. The van der Waals surface area contributed by atoms with Crippen LogP contribution in [0.3, 0.4) is 0 Å². The zero-order valence-electron chi connectivity index (χ0n) is 59.5. The van der Waals surface area contributed by atoms with Crippen molar-refractivity contribution in [1.82, 2.24) is 53.2 Å². The number of ether oxygens (including phenoxy) is 3. The van der Waals surface area contributed by atoms with Gasteiger partial charge in [-0.25, -0.2) is 0 Å². The maximum absolute atomic E-state index is 14.5. The van der Waals surface area contributed by atoms with Gasteiger partial charge in [-0.15, -0.1) is 0 Å². The second-order valence-corrected chi connectivity index (χ2v) is 24.1. The number of aryl methyl sites for hydroxylation is 1. The summed E-state index contributed by atoms with van der Waals surface area (Å²) in [6.07, 6.45) is 3.83. The summed E-state index contributed by atoms with van der Waals surface area (Å²) in [5.41, 5.74) is 39.2. The third kappa shape index (κ3) is 31.6. The summed E-state index contributed by atoms with van der Waals surface area (Å²) in [6.45, 7) is 1.51. The number of nitrogens with one attached hydrogen (secondary N) is 20. The van der Waals surface area contributed by atoms with Gasteiger partial charge in [-0.05, 0) is 156 Å². The van der Waals surface area contributed by atoms with E-state index in [9.17, 15) is 43.2 Å². The smallest absolute Gasteiger partial charge is 0.255 e. The Hall–Kier alpha value is -12.9. The monoisotopic (exact) mass is 1480 g/mol. The number of carbonyl (C=O) groups is 9. The third-order valence-electron chi connectivity index (χ3n) is 15.8. The molecular weight excluding hydrogens is 1370 g/mol. The number of rotatable bonds is 46. The Kier molecular flexibility index (Phi) is 36.5. The summed E-state index contributed by atoms with van der Waals surface area (Å²) in [6, 6.07) is 12.7. The van der Waals surface area contributed by atoms with Gasteiger partial charge in [0.25, 0.3) is 17.7 Å². The van der Waals surface area contributed by atoms with Crippen molar-refractivity contribution in [3.8, 4) is 17.2 Å². The molecule has 0 fully saturated rings. The molecule has 0 heterocycles. The highest BCUT2D eigenvalue weighted by atomic mass is 16.5. The number of nitrogens with two attached hydrogens (primary N) is 7. The second kappa shape index (κ2) is 45.2. The maximum atomic E-state index is 14.5. The van der Waals surface area contributed by atoms with Crippen LogP contribution in [0.5, 0.6) is 17.2 Å². The number of guanidine groups is 6. The van der Waals surface area contributed by atoms with Crippen molar-refractivity contribution in [2.75, 3.05) is 81.9 Å². The van der Waals surface area contributed by atoms with E-state index in [1.165, 1.54) is 82.0 Å². The molecule has 0 saturated heterocycles. The van der Waals surface area contributed by atoms with Crippen LogP contribution in [0.4, 0.5) is 22.7 Å². The predicted octanol–water partition coefficient (Wildman–Crippen LogP) is -0.652. The molecule has 0 aliphatic rings. The minimum atomic E-state index is -1.35. The lowest BCUT2D eigenvalue weighted by Gasteiger charge is -2.22. The van der Waals surface area contributed by atoms with Crippen molar-refractivity contribution < 1.29 is 57.4 Å². The summed E-state index contributed by atoms with van der Waals surface area (Å²) in [4.78, 5) is 125. The molecule has 106 heavy (non-hydrogen) atoms. The second-order valence-electron chi connectivity index (χ2n) is 24.1. The highest BCUT2D eigenvalue weighted by Gasteiger charge is 2.29. The molecule has 4 atom stereocenters. The molecule has 4 aromatic rings. The molecule has 0 saturated carbocycles. The Morgan fingerprint density at radius 2 is 0.670 bits per heavy atom. The number of hydrogen-bond donors (Lipinski definition) is 27. The van der Waals surface area contributed by atoms with Gasteiger partial charge in [0.1, 0.15) is 35.4 Å². The fourth-order valence-corrected chi connectivity index (χ4v) is 10.6. The number of primary amides is 1. The first-order valence-corrected chi connectivity index (χ1v) is 33.9. The van der Waals surface area contributed by atoms with E-state index in [-0.39, 0.29) is 181 Å². The average Bonchev–Trinajstić information content (AvgIpc) is 0.789. The Morgan fingerprint density at radius 3 is 1.02 bits per heavy atom. The molecule has 1 unspecified atom stereocenters. The largest absolute Gasteiger partial charge is 0.496 e. The summed E-state index contributed by atoms with van der Waals surface area (Å²) in [5.74, 6) is -7.68. The number of amides is 9. The van der Waals surface area contributed by atoms with Crippen LogP contribution in [0.15, 0.2) is 72.8 Å². The van der Waals surface area contributed by atoms with Crippen LogP contribution in [0.2, 0.25) is 0 Å². The number of methoxy groups -OCH3 is 3. The van der Waals surface area contributed by atoms with E-state index in [1.807, 2.05) is 0 Å². The minimum absolute atomic E-state index is 0.00473. The number of unbranched alkanes of at least 4 members (excludes halogenated alkanes) is 1. The predicted molar refractivity (Wildman–Crippen MR) is 402 cm³/mol. The summed E-state index contributed by atoms with van der Waals surface area (Å²) >= 11 is 0. The normalized spacial score (nSPS) is 11.7. The van der Waals surface area contributed by atoms with Gasteiger partial charge in [0.15, 0.2) is 35.8 Å². The molecule has 0 radical (unpaired) electrons. The van der Waals surface area contributed by atoms with Crippen molar-refractivity contribution in [3.05, 3.63) is 101 Å². The fraction of sp³-hybridized carbons (Fsp3) is 0.418. The quantitative estimate of drug-likeness (QED) is 0.0148. The number of hydrogen-bond acceptors (Lipinski definition) is 18. The molecule has 4 aromatic carbocycles. The highest BCUT2D eigenvalue weighted by molar-refractivity contribution is 6.07. The van der Waals surface area contributed by atoms with Crippen molar-refractivity contribution in [3.63, 3.8) is 0 Å². The lowest BCUT2D eigenvalue weighted by atomic mass is 10.0. The van der Waals surface area contributed by atoms with Gasteiger partial charge >= 0.3 is 0 Å². The standard InChI is InChI=1S/C67H101N27O12/c1-104-50-23-19-39(88-54(96)26-22-38(12-7-29-83-64(73)74)87-53(95)16-4-5-27-81-62(69)70)34-44(50)56(98)92-48(14-9-31-85-66(77)78)60(102)90-41-20-25-52(106-3)46(36-41)58(100)94-49(15-10-32-86-67(79)80)61(103)91-42-21-24-51(105-2)45(35-42)57(99)93-47(13-8-30-84-65(75)76)59(101)89-40-18-17-37(43(33-40)55(68)97)11-6-28-82-63(71)72/h17-21,23-25,33-36,38,47-49H,4-16,22,26-32H2,1-3H3,(H2,68,97)(H,87,95)(H,88,96)(H,89,101)(H,90,102)(H,91,103)(H,92,98)(H,93,99)(H,94,100)(H4,69,70,81)(H4,71,72,82)(H4,73,74,83)(H4,75,76,84)(H4,77,78,85)(H4,79,80,86)/t38?,47-,48-,49-/m1/s1. The fourth-order valence-electron chi connectivity index (χ4n) is 10.6. The van der Waals surface area contributed by atoms with Gasteiger partial charge in [0.05, 0.1) is 38.0 Å². The topological polar surface area (TPSA) is 675 Å². The van der Waals surface area contributed by atoms with Crippen LogP contribution >= 0.6 is 0 Å². The van der Waals surface area contributed by atoms with Gasteiger partial charge in [0, 0.05) is 86.5 Å². The van der Waals surface area contributed by atoms with Crippen molar-refractivity contribution in [2.24, 2.45) is 40.1 Å². The number of anilines is 4. The Labute approximate surface area is 612 Å². The zero-order valence-corrected chi connectivity index (χ0v) is 59.5. The van der Waals surface area contributed by atoms with Crippen LogP contribution < -0.4 is 129 Å². The van der Waals surface area contributed by atoms with Crippen molar-refractivity contribution in [2.45, 2.75) is 120 Å². The SMILES string of the molecule is COc1ccc(NC(=O)CCC(CCCNC(=N)N)NC(=O)CCCCNC(=N)N)cc1C(=O)N[C@H](CCCNC(=N)N)C(=O)Nc1ccc(OC)c(C(=O)N[C@H](CCCNC(=N)N)C(=O)Nc2ccc(OC)c(C(=O)N[C@H](CCCNC(=N)N)C(=O)Nc3ccc(CCCNC(=N)N)c(C(N)=O)c3)c2)c1. The van der Waals surface area contributed by atoms with Gasteiger partial charge in [0.2, 0.25) is 35.4 Å². The van der Waals surface area contributed by atoms with Crippen LogP contribution in [-0.4, -0.2) is 174 Å². The van der Waals surface area contributed by atoms with Crippen LogP contribution in [0, 0.1) is 32.5 Å². The maximum Gasteiger partial charge on any atom is 0.255 e. The first-order valence-electron chi connectivity index (χ1n) is 33.9. The van der Waals surface area contributed by atoms with Gasteiger partial charge in [-0.1, -0.05) is 6.07 Å². The Bertz CT molecular complexity index is 3780. The molecule has 39 heteroatoms. The first kappa shape index (κ1) is 85.5. The molecule has 0 spiro atoms.